The summed E-state index contributed by atoms with van der Waals surface area (Å²) in [6, 6.07) is 6.39. The molecule has 1 aliphatic carbocycles. The summed E-state index contributed by atoms with van der Waals surface area (Å²) in [7, 11) is 1.74. The summed E-state index contributed by atoms with van der Waals surface area (Å²) in [6.45, 7) is 5.20. The van der Waals surface area contributed by atoms with Gasteiger partial charge in [0.1, 0.15) is 5.75 Å². The van der Waals surface area contributed by atoms with E-state index in [-0.39, 0.29) is 5.41 Å². The van der Waals surface area contributed by atoms with E-state index in [0.717, 1.165) is 24.6 Å². The summed E-state index contributed by atoms with van der Waals surface area (Å²) >= 11 is 0. The molecule has 0 radical (unpaired) electrons. The maximum absolute atomic E-state index is 5.98. The Morgan fingerprint density at radius 3 is 2.65 bits per heavy atom. The van der Waals surface area contributed by atoms with E-state index in [1.54, 1.807) is 7.11 Å². The van der Waals surface area contributed by atoms with Crippen LogP contribution in [0, 0.1) is 18.3 Å². The Hall–Kier alpha value is -1.02. The van der Waals surface area contributed by atoms with Crippen LogP contribution in [-0.4, -0.2) is 13.7 Å². The summed E-state index contributed by atoms with van der Waals surface area (Å²) in [4.78, 5) is 0. The van der Waals surface area contributed by atoms with Gasteiger partial charge in [0, 0.05) is 0 Å². The van der Waals surface area contributed by atoms with E-state index in [4.69, 9.17) is 10.5 Å². The van der Waals surface area contributed by atoms with Gasteiger partial charge < -0.3 is 10.5 Å². The SMILES string of the molecule is COc1ccc(C)cc1CC(C)(CN)C1CC1. The number of hydrogen-bond acceptors (Lipinski definition) is 2. The average Bonchev–Trinajstić information content (AvgIpc) is 3.13. The van der Waals surface area contributed by atoms with Gasteiger partial charge in [-0.1, -0.05) is 24.6 Å². The van der Waals surface area contributed by atoms with Crippen LogP contribution in [0.4, 0.5) is 0 Å². The molecule has 1 aromatic rings. The van der Waals surface area contributed by atoms with Crippen LogP contribution < -0.4 is 10.5 Å². The molecule has 0 heterocycles. The van der Waals surface area contributed by atoms with Gasteiger partial charge >= 0.3 is 0 Å². The fourth-order valence-corrected chi connectivity index (χ4v) is 2.64. The number of ether oxygens (including phenoxy) is 1. The van der Waals surface area contributed by atoms with E-state index < -0.39 is 0 Å². The van der Waals surface area contributed by atoms with Gasteiger partial charge in [0.15, 0.2) is 0 Å². The molecule has 1 aromatic carbocycles. The number of methoxy groups -OCH3 is 1. The predicted octanol–water partition coefficient (Wildman–Crippen LogP) is 2.92. The van der Waals surface area contributed by atoms with Crippen molar-refractivity contribution >= 4 is 0 Å². The van der Waals surface area contributed by atoms with E-state index in [9.17, 15) is 0 Å². The molecule has 2 N–H and O–H groups in total. The molecule has 94 valence electrons. The molecular weight excluding hydrogens is 210 g/mol. The van der Waals surface area contributed by atoms with E-state index in [1.807, 2.05) is 0 Å². The van der Waals surface area contributed by atoms with E-state index in [2.05, 4.69) is 32.0 Å². The third-order valence-corrected chi connectivity index (χ3v) is 4.06. The molecule has 1 fully saturated rings. The van der Waals surface area contributed by atoms with E-state index >= 15 is 0 Å². The maximum atomic E-state index is 5.98. The first-order valence-corrected chi connectivity index (χ1v) is 6.42. The van der Waals surface area contributed by atoms with Gasteiger partial charge in [0.25, 0.3) is 0 Å². The van der Waals surface area contributed by atoms with Crippen LogP contribution in [0.15, 0.2) is 18.2 Å². The molecule has 0 spiro atoms. The second-order valence-electron chi connectivity index (χ2n) is 5.62. The molecule has 0 bridgehead atoms. The highest BCUT2D eigenvalue weighted by Crippen LogP contribution is 2.47. The van der Waals surface area contributed by atoms with Gasteiger partial charge in [-0.25, -0.2) is 0 Å². The van der Waals surface area contributed by atoms with Gasteiger partial charge in [-0.15, -0.1) is 0 Å². The van der Waals surface area contributed by atoms with Crippen molar-refractivity contribution < 1.29 is 4.74 Å². The lowest BCUT2D eigenvalue weighted by Gasteiger charge is -2.29. The second-order valence-corrected chi connectivity index (χ2v) is 5.62. The Morgan fingerprint density at radius 2 is 2.12 bits per heavy atom. The topological polar surface area (TPSA) is 35.2 Å². The first-order chi connectivity index (χ1) is 8.09. The summed E-state index contributed by atoms with van der Waals surface area (Å²) in [5, 5.41) is 0. The number of nitrogens with two attached hydrogens (primary N) is 1. The van der Waals surface area contributed by atoms with Gasteiger partial charge in [0.05, 0.1) is 7.11 Å². The highest BCUT2D eigenvalue weighted by molar-refractivity contribution is 5.37. The van der Waals surface area contributed by atoms with Crippen molar-refractivity contribution in [3.05, 3.63) is 29.3 Å². The maximum Gasteiger partial charge on any atom is 0.122 e. The number of rotatable bonds is 5. The van der Waals surface area contributed by atoms with Gasteiger partial charge in [0.2, 0.25) is 0 Å². The normalized spacial score (nSPS) is 18.8. The lowest BCUT2D eigenvalue weighted by Crippen LogP contribution is -2.32. The molecule has 0 aromatic heterocycles. The van der Waals surface area contributed by atoms with Gasteiger partial charge in [-0.3, -0.25) is 0 Å². The average molecular weight is 233 g/mol. The quantitative estimate of drug-likeness (QED) is 0.848. The van der Waals surface area contributed by atoms with E-state index in [1.165, 1.54) is 24.0 Å². The van der Waals surface area contributed by atoms with Crippen molar-refractivity contribution in [2.24, 2.45) is 17.1 Å². The minimum atomic E-state index is 0.237. The molecule has 17 heavy (non-hydrogen) atoms. The lowest BCUT2D eigenvalue weighted by atomic mass is 9.78. The molecule has 0 amide bonds. The van der Waals surface area contributed by atoms with Crippen molar-refractivity contribution in [1.29, 1.82) is 0 Å². The first-order valence-electron chi connectivity index (χ1n) is 6.42. The first kappa shape index (κ1) is 12.4. The summed E-state index contributed by atoms with van der Waals surface area (Å²) in [6.07, 6.45) is 3.70. The Kier molecular flexibility index (Phi) is 3.43. The van der Waals surface area contributed by atoms with Crippen LogP contribution >= 0.6 is 0 Å². The van der Waals surface area contributed by atoms with Crippen molar-refractivity contribution in [2.75, 3.05) is 13.7 Å². The second kappa shape index (κ2) is 4.69. The molecule has 1 atom stereocenters. The fraction of sp³-hybridized carbons (Fsp3) is 0.600. The monoisotopic (exact) mass is 233 g/mol. The highest BCUT2D eigenvalue weighted by Gasteiger charge is 2.40. The van der Waals surface area contributed by atoms with E-state index in [0.29, 0.717) is 0 Å². The highest BCUT2D eigenvalue weighted by atomic mass is 16.5. The largest absolute Gasteiger partial charge is 0.496 e. The van der Waals surface area contributed by atoms with Crippen molar-refractivity contribution in [3.63, 3.8) is 0 Å². The van der Waals surface area contributed by atoms with Crippen LogP contribution in [0.25, 0.3) is 0 Å². The van der Waals surface area contributed by atoms with Crippen LogP contribution in [-0.2, 0) is 6.42 Å². The molecule has 2 heteroatoms. The third-order valence-electron chi connectivity index (χ3n) is 4.06. The van der Waals surface area contributed by atoms with Crippen molar-refractivity contribution in [2.45, 2.75) is 33.1 Å². The van der Waals surface area contributed by atoms with Crippen LogP contribution in [0.5, 0.6) is 5.75 Å². The zero-order valence-corrected chi connectivity index (χ0v) is 11.1. The summed E-state index contributed by atoms with van der Waals surface area (Å²) < 4.78 is 5.45. The zero-order valence-electron chi connectivity index (χ0n) is 11.1. The molecule has 2 nitrogen and oxygen atoms in total. The molecule has 0 aliphatic heterocycles. The molecular formula is C15H23NO. The standard InChI is InChI=1S/C15H23NO/c1-11-4-7-14(17-3)12(8-11)9-15(2,10-16)13-5-6-13/h4,7-8,13H,5-6,9-10,16H2,1-3H3. The van der Waals surface area contributed by atoms with Gasteiger partial charge in [-0.2, -0.15) is 0 Å². The Bertz CT molecular complexity index is 398. The smallest absolute Gasteiger partial charge is 0.122 e. The minimum Gasteiger partial charge on any atom is -0.496 e. The van der Waals surface area contributed by atoms with Crippen LogP contribution in [0.1, 0.15) is 30.9 Å². The van der Waals surface area contributed by atoms with Crippen LogP contribution in [0.3, 0.4) is 0 Å². The summed E-state index contributed by atoms with van der Waals surface area (Å²) in [5.41, 5.74) is 8.81. The van der Waals surface area contributed by atoms with Crippen molar-refractivity contribution in [3.8, 4) is 5.75 Å². The van der Waals surface area contributed by atoms with Crippen LogP contribution in [0.2, 0.25) is 0 Å². The molecule has 1 saturated carbocycles. The predicted molar refractivity (Wildman–Crippen MR) is 71.3 cm³/mol. The number of benzene rings is 1. The lowest BCUT2D eigenvalue weighted by molar-refractivity contribution is 0.277. The Labute approximate surface area is 104 Å². The minimum absolute atomic E-state index is 0.237. The molecule has 0 saturated heterocycles. The number of aryl methyl sites for hydroxylation is 1. The molecule has 1 aliphatic rings. The number of hydrogen-bond donors (Lipinski definition) is 1. The molecule has 2 rings (SSSR count). The van der Waals surface area contributed by atoms with Crippen molar-refractivity contribution in [1.82, 2.24) is 0 Å². The fourth-order valence-electron chi connectivity index (χ4n) is 2.64. The van der Waals surface area contributed by atoms with Gasteiger partial charge in [-0.05, 0) is 55.7 Å². The third kappa shape index (κ3) is 2.63. The summed E-state index contributed by atoms with van der Waals surface area (Å²) in [5.74, 6) is 1.80. The zero-order chi connectivity index (χ0) is 12.5. The molecule has 1 unspecified atom stereocenters. The Morgan fingerprint density at radius 1 is 1.41 bits per heavy atom. The Balaban J connectivity index is 2.24.